The van der Waals surface area contributed by atoms with E-state index in [9.17, 15) is 14.4 Å². The van der Waals surface area contributed by atoms with Gasteiger partial charge in [-0.25, -0.2) is 9.59 Å². The Hall–Kier alpha value is -3.69. The Bertz CT molecular complexity index is 960. The van der Waals surface area contributed by atoms with Gasteiger partial charge >= 0.3 is 12.1 Å². The third kappa shape index (κ3) is 8.68. The summed E-state index contributed by atoms with van der Waals surface area (Å²) in [4.78, 5) is 35.8. The van der Waals surface area contributed by atoms with Crippen LogP contribution in [0.3, 0.4) is 0 Å². The molecular weight excluding hydrogens is 442 g/mol. The van der Waals surface area contributed by atoms with Crippen molar-refractivity contribution in [3.8, 4) is 5.75 Å². The Labute approximate surface area is 198 Å². The normalized spacial score (nSPS) is 12.6. The van der Waals surface area contributed by atoms with Gasteiger partial charge in [0.2, 0.25) is 0 Å². The predicted octanol–water partition coefficient (Wildman–Crippen LogP) is 3.49. The molecule has 0 saturated heterocycles. The number of imide groups is 1. The number of nitrogens with one attached hydrogen (secondary N) is 1. The number of benzene rings is 2. The van der Waals surface area contributed by atoms with Crippen molar-refractivity contribution in [2.75, 3.05) is 19.8 Å². The molecule has 0 fully saturated rings. The van der Waals surface area contributed by atoms with Crippen LogP contribution in [-0.2, 0) is 14.3 Å². The summed E-state index contributed by atoms with van der Waals surface area (Å²) in [5, 5.41) is 20.2. The van der Waals surface area contributed by atoms with E-state index in [0.717, 1.165) is 6.08 Å². The zero-order chi connectivity index (χ0) is 24.8. The van der Waals surface area contributed by atoms with Gasteiger partial charge in [-0.3, -0.25) is 10.1 Å². The van der Waals surface area contributed by atoms with E-state index in [-0.39, 0.29) is 13.2 Å². The first kappa shape index (κ1) is 26.6. The number of hydrogen-bond acceptors (Lipinski definition) is 7. The summed E-state index contributed by atoms with van der Waals surface area (Å²) >= 11 is 0. The largest absolute Gasteiger partial charge is 0.491 e. The van der Waals surface area contributed by atoms with Gasteiger partial charge in [0.1, 0.15) is 12.4 Å². The highest BCUT2D eigenvalue weighted by Crippen LogP contribution is 2.33. The zero-order valence-corrected chi connectivity index (χ0v) is 18.9. The van der Waals surface area contributed by atoms with Crippen molar-refractivity contribution in [1.82, 2.24) is 5.32 Å². The van der Waals surface area contributed by atoms with E-state index < -0.39 is 30.2 Å². The summed E-state index contributed by atoms with van der Waals surface area (Å²) < 4.78 is 17.1. The minimum atomic E-state index is -1.07. The van der Waals surface area contributed by atoms with E-state index >= 15 is 0 Å². The quantitative estimate of drug-likeness (QED) is 0.378. The van der Waals surface area contributed by atoms with Crippen LogP contribution in [0.4, 0.5) is 4.79 Å². The molecule has 9 nitrogen and oxygen atoms in total. The van der Waals surface area contributed by atoms with Crippen molar-refractivity contribution in [1.29, 1.82) is 0 Å². The van der Waals surface area contributed by atoms with E-state index in [1.54, 1.807) is 61.5 Å². The van der Waals surface area contributed by atoms with Gasteiger partial charge in [-0.15, -0.1) is 0 Å². The van der Waals surface area contributed by atoms with Gasteiger partial charge in [-0.1, -0.05) is 42.5 Å². The van der Waals surface area contributed by atoms with Crippen LogP contribution in [-0.4, -0.2) is 54.1 Å². The number of allylic oxidation sites excluding steroid dienone is 1. The molecule has 0 bridgehead atoms. The molecule has 0 heterocycles. The van der Waals surface area contributed by atoms with Gasteiger partial charge in [-0.05, 0) is 38.0 Å². The lowest BCUT2D eigenvalue weighted by Gasteiger charge is -2.28. The van der Waals surface area contributed by atoms with E-state index in [4.69, 9.17) is 24.4 Å². The molecule has 2 amide bonds. The van der Waals surface area contributed by atoms with Crippen LogP contribution in [0.1, 0.15) is 41.8 Å². The van der Waals surface area contributed by atoms with Gasteiger partial charge in [0.25, 0.3) is 5.91 Å². The number of aliphatic carboxylic acids is 1. The first-order valence-corrected chi connectivity index (χ1v) is 10.9. The highest BCUT2D eigenvalue weighted by atomic mass is 16.6. The van der Waals surface area contributed by atoms with E-state index in [1.807, 2.05) is 0 Å². The fourth-order valence-corrected chi connectivity index (χ4v) is 3.22. The number of carboxylic acid groups (broad SMARTS) is 1. The summed E-state index contributed by atoms with van der Waals surface area (Å²) in [6.45, 7) is 1.91. The lowest BCUT2D eigenvalue weighted by atomic mass is 9.99. The van der Waals surface area contributed by atoms with E-state index in [2.05, 4.69) is 5.32 Å². The third-order valence-corrected chi connectivity index (χ3v) is 4.66. The Balaban J connectivity index is 2.29. The number of ether oxygens (including phenoxy) is 3. The second-order valence-corrected chi connectivity index (χ2v) is 7.07. The Morgan fingerprint density at radius 1 is 1.06 bits per heavy atom. The molecule has 9 heteroatoms. The lowest BCUT2D eigenvalue weighted by molar-refractivity contribution is -0.131. The molecule has 34 heavy (non-hydrogen) atoms. The summed E-state index contributed by atoms with van der Waals surface area (Å²) in [5.41, 5.74) is 0.779. The first-order chi connectivity index (χ1) is 16.5. The van der Waals surface area contributed by atoms with Crippen LogP contribution >= 0.6 is 0 Å². The fourth-order valence-electron chi connectivity index (χ4n) is 3.22. The van der Waals surface area contributed by atoms with Crippen LogP contribution in [0.5, 0.6) is 5.75 Å². The van der Waals surface area contributed by atoms with Crippen LogP contribution in [0.25, 0.3) is 0 Å². The molecule has 0 aromatic heterocycles. The lowest BCUT2D eigenvalue weighted by Crippen LogP contribution is -2.35. The topological polar surface area (TPSA) is 131 Å². The van der Waals surface area contributed by atoms with Gasteiger partial charge < -0.3 is 24.4 Å². The van der Waals surface area contributed by atoms with Crippen LogP contribution in [0.15, 0.2) is 66.7 Å². The Kier molecular flexibility index (Phi) is 11.3. The average molecular weight is 472 g/mol. The molecule has 2 aromatic carbocycles. The van der Waals surface area contributed by atoms with Crippen LogP contribution in [0, 0.1) is 0 Å². The zero-order valence-electron chi connectivity index (χ0n) is 18.9. The van der Waals surface area contributed by atoms with Gasteiger partial charge in [-0.2, -0.15) is 0 Å². The molecule has 2 aromatic rings. The molecule has 2 rings (SSSR count). The standard InChI is InChI=1S/C25H29NO8/c1-2-32-21(14-8-9-15-22(28)29)23(19-12-6-7-13-20(19)33-17-16-27)34-25(31)26-24(30)18-10-4-3-5-11-18/h3-7,9-13,15,21,23,27H,2,8,14,16-17H2,1H3,(H,28,29)(H,26,30,31)/b15-9+/t21-,23-/m0/s1. The SMILES string of the molecule is CCO[C@@H](CC/C=C/C(=O)O)[C@@H](OC(=O)NC(=O)c1ccccc1)c1ccccc1OCCO. The number of amides is 2. The molecule has 0 aliphatic carbocycles. The van der Waals surface area contributed by atoms with E-state index in [1.165, 1.54) is 6.08 Å². The number of aliphatic hydroxyl groups is 1. The number of aliphatic hydroxyl groups excluding tert-OH is 1. The molecule has 0 radical (unpaired) electrons. The molecule has 0 aliphatic heterocycles. The molecule has 0 aliphatic rings. The predicted molar refractivity (Wildman–Crippen MR) is 124 cm³/mol. The highest BCUT2D eigenvalue weighted by molar-refractivity contribution is 6.02. The van der Waals surface area contributed by atoms with Crippen molar-refractivity contribution >= 4 is 18.0 Å². The minimum Gasteiger partial charge on any atom is -0.491 e. The summed E-state index contributed by atoms with van der Waals surface area (Å²) in [6, 6.07) is 15.1. The fraction of sp³-hybridized carbons (Fsp3) is 0.320. The van der Waals surface area contributed by atoms with Crippen molar-refractivity contribution in [3.63, 3.8) is 0 Å². The van der Waals surface area contributed by atoms with Crippen molar-refractivity contribution < 1.29 is 38.8 Å². The summed E-state index contributed by atoms with van der Waals surface area (Å²) in [7, 11) is 0. The molecule has 0 saturated carbocycles. The monoisotopic (exact) mass is 471 g/mol. The molecule has 0 unspecified atom stereocenters. The second kappa shape index (κ2) is 14.5. The number of carbonyl (C=O) groups excluding carboxylic acids is 2. The number of hydrogen-bond donors (Lipinski definition) is 3. The van der Waals surface area contributed by atoms with Gasteiger partial charge in [0.05, 0.1) is 12.7 Å². The van der Waals surface area contributed by atoms with E-state index in [0.29, 0.717) is 36.3 Å². The minimum absolute atomic E-state index is 0.0308. The maximum atomic E-state index is 12.7. The molecule has 0 spiro atoms. The number of rotatable bonds is 13. The summed E-state index contributed by atoms with van der Waals surface area (Å²) in [5.74, 6) is -1.30. The maximum Gasteiger partial charge on any atom is 0.414 e. The highest BCUT2D eigenvalue weighted by Gasteiger charge is 2.30. The molecular formula is C25H29NO8. The smallest absolute Gasteiger partial charge is 0.414 e. The molecule has 2 atom stereocenters. The summed E-state index contributed by atoms with van der Waals surface area (Å²) in [6.07, 6.45) is 0.580. The number of carbonyl (C=O) groups is 3. The number of carboxylic acids is 1. The second-order valence-electron chi connectivity index (χ2n) is 7.07. The number of para-hydroxylation sites is 1. The van der Waals surface area contributed by atoms with Gasteiger partial charge in [0, 0.05) is 23.8 Å². The molecule has 182 valence electrons. The van der Waals surface area contributed by atoms with Crippen LogP contribution in [0.2, 0.25) is 0 Å². The Morgan fingerprint density at radius 2 is 1.76 bits per heavy atom. The number of alkyl carbamates (subject to hydrolysis) is 1. The third-order valence-electron chi connectivity index (χ3n) is 4.66. The van der Waals surface area contributed by atoms with Crippen LogP contribution < -0.4 is 10.1 Å². The molecule has 3 N–H and O–H groups in total. The Morgan fingerprint density at radius 3 is 2.44 bits per heavy atom. The van der Waals surface area contributed by atoms with Crippen molar-refractivity contribution in [2.45, 2.75) is 32.0 Å². The first-order valence-electron chi connectivity index (χ1n) is 10.9. The average Bonchev–Trinajstić information content (AvgIpc) is 2.84. The maximum absolute atomic E-state index is 12.7. The van der Waals surface area contributed by atoms with Crippen molar-refractivity contribution in [2.24, 2.45) is 0 Å². The van der Waals surface area contributed by atoms with Crippen molar-refractivity contribution in [3.05, 3.63) is 77.9 Å². The van der Waals surface area contributed by atoms with Gasteiger partial charge in [0.15, 0.2) is 6.10 Å².